The van der Waals surface area contributed by atoms with Crippen LogP contribution in [0.3, 0.4) is 0 Å². The second-order valence-corrected chi connectivity index (χ2v) is 3.38. The minimum Gasteiger partial charge on any atom is -0.476 e. The Labute approximate surface area is 84.7 Å². The molecule has 2 aromatic heterocycles. The van der Waals surface area contributed by atoms with Crippen LogP contribution < -0.4 is 0 Å². The van der Waals surface area contributed by atoms with Gasteiger partial charge >= 0.3 is 5.97 Å². The van der Waals surface area contributed by atoms with Crippen molar-refractivity contribution in [3.63, 3.8) is 0 Å². The molecular formula is C9H7ClN2O2. The van der Waals surface area contributed by atoms with E-state index >= 15 is 0 Å². The number of carbonyl (C=O) groups is 1. The number of aryl methyl sites for hydroxylation is 1. The number of fused-ring (bicyclic) bond motifs is 1. The van der Waals surface area contributed by atoms with E-state index in [1.807, 2.05) is 13.0 Å². The van der Waals surface area contributed by atoms with Crippen LogP contribution in [0.4, 0.5) is 0 Å². The highest BCUT2D eigenvalue weighted by atomic mass is 35.5. The monoisotopic (exact) mass is 210 g/mol. The Balaban J connectivity index is 2.80. The molecule has 1 N–H and O–H groups in total. The molecular weight excluding hydrogens is 204 g/mol. The molecule has 0 unspecified atom stereocenters. The summed E-state index contributed by atoms with van der Waals surface area (Å²) in [6, 6.07) is 3.63. The van der Waals surface area contributed by atoms with E-state index in [2.05, 4.69) is 5.10 Å². The summed E-state index contributed by atoms with van der Waals surface area (Å²) in [6.07, 6.45) is 1.68. The summed E-state index contributed by atoms with van der Waals surface area (Å²) in [4.78, 5) is 10.7. The predicted octanol–water partition coefficient (Wildman–Crippen LogP) is 1.99. The molecule has 2 aromatic rings. The van der Waals surface area contributed by atoms with Crippen LogP contribution in [0.15, 0.2) is 18.3 Å². The minimum atomic E-state index is -1.11. The summed E-state index contributed by atoms with van der Waals surface area (Å²) in [5.74, 6) is -1.11. The number of aromatic nitrogens is 2. The zero-order valence-electron chi connectivity index (χ0n) is 7.36. The van der Waals surface area contributed by atoms with Crippen LogP contribution in [0.1, 0.15) is 16.1 Å². The van der Waals surface area contributed by atoms with Gasteiger partial charge in [0.25, 0.3) is 0 Å². The molecule has 0 fully saturated rings. The first-order valence-corrected chi connectivity index (χ1v) is 4.35. The number of hydrogen-bond acceptors (Lipinski definition) is 2. The van der Waals surface area contributed by atoms with E-state index in [1.165, 1.54) is 4.52 Å². The second kappa shape index (κ2) is 2.99. The van der Waals surface area contributed by atoms with Crippen LogP contribution in [-0.4, -0.2) is 20.7 Å². The Hall–Kier alpha value is -1.55. The van der Waals surface area contributed by atoms with Crippen LogP contribution in [0, 0.1) is 6.92 Å². The number of carboxylic acid groups (broad SMARTS) is 1. The molecule has 0 aliphatic rings. The molecule has 0 aromatic carbocycles. The standard InChI is InChI=1S/C9H7ClN2O2/c1-5-2-3-12-6(4-5)7(10)8(11-12)9(13)14/h2-4H,1H3,(H,13,14). The van der Waals surface area contributed by atoms with Crippen LogP contribution in [0.25, 0.3) is 5.52 Å². The summed E-state index contributed by atoms with van der Waals surface area (Å²) < 4.78 is 1.46. The molecule has 0 aliphatic heterocycles. The molecule has 2 heterocycles. The van der Waals surface area contributed by atoms with Crippen molar-refractivity contribution in [2.75, 3.05) is 0 Å². The van der Waals surface area contributed by atoms with Crippen molar-refractivity contribution in [1.29, 1.82) is 0 Å². The van der Waals surface area contributed by atoms with Gasteiger partial charge in [-0.3, -0.25) is 0 Å². The summed E-state index contributed by atoms with van der Waals surface area (Å²) in [6.45, 7) is 1.91. The Morgan fingerprint density at radius 3 is 3.00 bits per heavy atom. The molecule has 4 nitrogen and oxygen atoms in total. The van der Waals surface area contributed by atoms with Gasteiger partial charge in [-0.2, -0.15) is 5.10 Å². The van der Waals surface area contributed by atoms with E-state index in [9.17, 15) is 4.79 Å². The molecule has 0 aliphatic carbocycles. The maximum atomic E-state index is 10.7. The minimum absolute atomic E-state index is 0.114. The Kier molecular flexibility index (Phi) is 1.93. The Morgan fingerprint density at radius 1 is 1.64 bits per heavy atom. The van der Waals surface area contributed by atoms with Crippen molar-refractivity contribution in [1.82, 2.24) is 9.61 Å². The smallest absolute Gasteiger partial charge is 0.358 e. The highest BCUT2D eigenvalue weighted by Gasteiger charge is 2.16. The van der Waals surface area contributed by atoms with Gasteiger partial charge in [0, 0.05) is 6.20 Å². The quantitative estimate of drug-likeness (QED) is 0.783. The molecule has 14 heavy (non-hydrogen) atoms. The lowest BCUT2D eigenvalue weighted by Crippen LogP contribution is -1.97. The third-order valence-corrected chi connectivity index (χ3v) is 2.31. The van der Waals surface area contributed by atoms with E-state index < -0.39 is 5.97 Å². The van der Waals surface area contributed by atoms with Crippen molar-refractivity contribution in [2.45, 2.75) is 6.92 Å². The summed E-state index contributed by atoms with van der Waals surface area (Å²) in [7, 11) is 0. The van der Waals surface area contributed by atoms with Gasteiger partial charge in [0.1, 0.15) is 5.02 Å². The molecule has 2 rings (SSSR count). The fraction of sp³-hybridized carbons (Fsp3) is 0.111. The van der Waals surface area contributed by atoms with Crippen LogP contribution >= 0.6 is 11.6 Å². The van der Waals surface area contributed by atoms with E-state index in [-0.39, 0.29) is 10.7 Å². The predicted molar refractivity (Wildman–Crippen MR) is 51.9 cm³/mol. The zero-order valence-corrected chi connectivity index (χ0v) is 8.12. The maximum absolute atomic E-state index is 10.7. The summed E-state index contributed by atoms with van der Waals surface area (Å²) in [5, 5.41) is 12.8. The number of pyridine rings is 1. The first-order valence-electron chi connectivity index (χ1n) is 3.97. The van der Waals surface area contributed by atoms with Gasteiger partial charge in [-0.05, 0) is 24.6 Å². The number of rotatable bonds is 1. The Morgan fingerprint density at radius 2 is 2.36 bits per heavy atom. The fourth-order valence-corrected chi connectivity index (χ4v) is 1.52. The van der Waals surface area contributed by atoms with Gasteiger partial charge in [-0.25, -0.2) is 9.31 Å². The van der Waals surface area contributed by atoms with E-state index in [0.29, 0.717) is 5.52 Å². The van der Waals surface area contributed by atoms with E-state index in [0.717, 1.165) is 5.56 Å². The average molecular weight is 211 g/mol. The van der Waals surface area contributed by atoms with Gasteiger partial charge in [-0.15, -0.1) is 0 Å². The highest BCUT2D eigenvalue weighted by Crippen LogP contribution is 2.22. The molecule has 5 heteroatoms. The highest BCUT2D eigenvalue weighted by molar-refractivity contribution is 6.36. The third kappa shape index (κ3) is 1.24. The number of nitrogens with zero attached hydrogens (tertiary/aromatic N) is 2. The molecule has 0 spiro atoms. The van der Waals surface area contributed by atoms with Gasteiger partial charge in [0.15, 0.2) is 5.69 Å². The number of carboxylic acids is 1. The average Bonchev–Trinajstić information content (AvgIpc) is 2.44. The van der Waals surface area contributed by atoms with Crippen LogP contribution in [-0.2, 0) is 0 Å². The van der Waals surface area contributed by atoms with Crippen molar-refractivity contribution in [3.05, 3.63) is 34.6 Å². The molecule has 0 radical (unpaired) electrons. The molecule has 0 saturated carbocycles. The van der Waals surface area contributed by atoms with Gasteiger partial charge < -0.3 is 5.11 Å². The Bertz CT molecular complexity index is 519. The van der Waals surface area contributed by atoms with Crippen molar-refractivity contribution in [3.8, 4) is 0 Å². The van der Waals surface area contributed by atoms with Crippen molar-refractivity contribution >= 4 is 23.1 Å². The topological polar surface area (TPSA) is 54.6 Å². The first kappa shape index (κ1) is 9.02. The van der Waals surface area contributed by atoms with Crippen molar-refractivity contribution in [2.24, 2.45) is 0 Å². The largest absolute Gasteiger partial charge is 0.476 e. The van der Waals surface area contributed by atoms with Gasteiger partial charge in [0.2, 0.25) is 0 Å². The molecule has 0 amide bonds. The number of aromatic carboxylic acids is 1. The maximum Gasteiger partial charge on any atom is 0.358 e. The molecule has 0 bridgehead atoms. The lowest BCUT2D eigenvalue weighted by Gasteiger charge is -1.93. The number of halogens is 1. The normalized spacial score (nSPS) is 10.7. The molecule has 0 saturated heterocycles. The lowest BCUT2D eigenvalue weighted by molar-refractivity contribution is 0.0690. The van der Waals surface area contributed by atoms with Gasteiger partial charge in [0.05, 0.1) is 5.52 Å². The third-order valence-electron chi connectivity index (χ3n) is 1.93. The van der Waals surface area contributed by atoms with Crippen molar-refractivity contribution < 1.29 is 9.90 Å². The zero-order chi connectivity index (χ0) is 10.3. The summed E-state index contributed by atoms with van der Waals surface area (Å²) in [5.41, 5.74) is 1.51. The second-order valence-electron chi connectivity index (χ2n) is 3.00. The number of hydrogen-bond donors (Lipinski definition) is 1. The van der Waals surface area contributed by atoms with E-state index in [1.54, 1.807) is 12.3 Å². The van der Waals surface area contributed by atoms with E-state index in [4.69, 9.17) is 16.7 Å². The fourth-order valence-electron chi connectivity index (χ4n) is 1.26. The summed E-state index contributed by atoms with van der Waals surface area (Å²) >= 11 is 5.86. The van der Waals surface area contributed by atoms with Gasteiger partial charge in [-0.1, -0.05) is 11.6 Å². The molecule has 72 valence electrons. The molecule has 0 atom stereocenters. The van der Waals surface area contributed by atoms with Crippen LogP contribution in [0.5, 0.6) is 0 Å². The van der Waals surface area contributed by atoms with Crippen LogP contribution in [0.2, 0.25) is 5.02 Å². The first-order chi connectivity index (χ1) is 6.59. The lowest BCUT2D eigenvalue weighted by atomic mass is 10.2. The SMILES string of the molecule is Cc1ccn2nc(C(=O)O)c(Cl)c2c1.